The molecular formula is C16H40Cl4N4. The van der Waals surface area contributed by atoms with Gasteiger partial charge >= 0.3 is 0 Å². The standard InChI is InChI=1S/C16H36N4.4ClH/c1-3-17-9-5-11-19-13-15-7-8-16(15)14-20-12-6-10-18-4-2;;;;/h15-20H,3-14H2,1-2H3;4*1H/t15-,16-;;;;/m0..../s1. The molecule has 0 radical (unpaired) electrons. The summed E-state index contributed by atoms with van der Waals surface area (Å²) >= 11 is 0. The molecule has 0 aromatic rings. The molecule has 1 rings (SSSR count). The van der Waals surface area contributed by atoms with Gasteiger partial charge in [0.25, 0.3) is 0 Å². The molecule has 8 heteroatoms. The lowest BCUT2D eigenvalue weighted by atomic mass is 9.73. The predicted molar refractivity (Wildman–Crippen MR) is 117 cm³/mol. The molecule has 0 aliphatic heterocycles. The van der Waals surface area contributed by atoms with Crippen molar-refractivity contribution in [1.29, 1.82) is 0 Å². The quantitative estimate of drug-likeness (QED) is 0.320. The van der Waals surface area contributed by atoms with Crippen LogP contribution in [0.2, 0.25) is 0 Å². The highest BCUT2D eigenvalue weighted by atomic mass is 35.5. The fraction of sp³-hybridized carbons (Fsp3) is 1.00. The Morgan fingerprint density at radius 2 is 0.917 bits per heavy atom. The molecule has 0 aromatic carbocycles. The van der Waals surface area contributed by atoms with Crippen LogP contribution < -0.4 is 21.3 Å². The lowest BCUT2D eigenvalue weighted by Crippen LogP contribution is -2.41. The minimum atomic E-state index is 0. The van der Waals surface area contributed by atoms with Crippen molar-refractivity contribution in [3.8, 4) is 0 Å². The summed E-state index contributed by atoms with van der Waals surface area (Å²) in [5.41, 5.74) is 0. The Balaban J connectivity index is -0.000000500. The molecular weight excluding hydrogens is 390 g/mol. The van der Waals surface area contributed by atoms with Crippen LogP contribution >= 0.6 is 49.6 Å². The van der Waals surface area contributed by atoms with Crippen LogP contribution in [0.5, 0.6) is 0 Å². The average Bonchev–Trinajstić information content (AvgIpc) is 2.44. The summed E-state index contributed by atoms with van der Waals surface area (Å²) in [5.74, 6) is 1.82. The highest BCUT2D eigenvalue weighted by Crippen LogP contribution is 2.32. The Kier molecular flexibility index (Phi) is 32.7. The Labute approximate surface area is 174 Å². The lowest BCUT2D eigenvalue weighted by Gasteiger charge is -2.37. The summed E-state index contributed by atoms with van der Waals surface area (Å²) in [6.07, 6.45) is 5.33. The molecule has 1 aliphatic rings. The maximum Gasteiger partial charge on any atom is -0.00174 e. The smallest absolute Gasteiger partial charge is 0.00174 e. The predicted octanol–water partition coefficient (Wildman–Crippen LogP) is 2.88. The van der Waals surface area contributed by atoms with Gasteiger partial charge in [-0.2, -0.15) is 0 Å². The number of nitrogens with one attached hydrogen (secondary N) is 4. The molecule has 0 amide bonds. The monoisotopic (exact) mass is 428 g/mol. The summed E-state index contributed by atoms with van der Waals surface area (Å²) in [6, 6.07) is 0. The largest absolute Gasteiger partial charge is 0.317 e. The normalized spacial score (nSPS) is 18.2. The number of hydrogen-bond acceptors (Lipinski definition) is 4. The SMILES string of the molecule is CCNCCCNC[C@@H]1CC[C@H]1CNCCCNCC.Cl.Cl.Cl.Cl. The average molecular weight is 430 g/mol. The summed E-state index contributed by atoms with van der Waals surface area (Å²) < 4.78 is 0. The van der Waals surface area contributed by atoms with E-state index < -0.39 is 0 Å². The molecule has 152 valence electrons. The Bertz CT molecular complexity index is 204. The zero-order valence-electron chi connectivity index (χ0n) is 15.3. The van der Waals surface area contributed by atoms with E-state index in [0.717, 1.165) is 51.1 Å². The fourth-order valence-electron chi connectivity index (χ4n) is 2.78. The molecule has 0 unspecified atom stereocenters. The number of rotatable bonds is 14. The van der Waals surface area contributed by atoms with Crippen LogP contribution in [-0.2, 0) is 0 Å². The lowest BCUT2D eigenvalue weighted by molar-refractivity contribution is 0.167. The van der Waals surface area contributed by atoms with E-state index >= 15 is 0 Å². The molecule has 1 saturated carbocycles. The van der Waals surface area contributed by atoms with Gasteiger partial charge in [0.15, 0.2) is 0 Å². The molecule has 0 bridgehead atoms. The van der Waals surface area contributed by atoms with Crippen molar-refractivity contribution in [2.45, 2.75) is 39.5 Å². The molecule has 1 aliphatic carbocycles. The maximum atomic E-state index is 3.62. The third-order valence-electron chi connectivity index (χ3n) is 4.30. The summed E-state index contributed by atoms with van der Waals surface area (Å²) in [4.78, 5) is 0. The van der Waals surface area contributed by atoms with E-state index in [-0.39, 0.29) is 49.6 Å². The third kappa shape index (κ3) is 16.5. The van der Waals surface area contributed by atoms with E-state index in [1.807, 2.05) is 0 Å². The van der Waals surface area contributed by atoms with Gasteiger partial charge in [0, 0.05) is 0 Å². The van der Waals surface area contributed by atoms with E-state index in [1.54, 1.807) is 0 Å². The van der Waals surface area contributed by atoms with Crippen LogP contribution in [0.1, 0.15) is 39.5 Å². The van der Waals surface area contributed by atoms with Crippen molar-refractivity contribution in [3.05, 3.63) is 0 Å². The maximum absolute atomic E-state index is 3.62. The third-order valence-corrected chi connectivity index (χ3v) is 4.30. The van der Waals surface area contributed by atoms with Crippen molar-refractivity contribution in [3.63, 3.8) is 0 Å². The number of halogens is 4. The molecule has 0 aromatic heterocycles. The Morgan fingerprint density at radius 3 is 1.21 bits per heavy atom. The number of hydrogen-bond donors (Lipinski definition) is 4. The van der Waals surface area contributed by atoms with Crippen LogP contribution in [0.25, 0.3) is 0 Å². The minimum absolute atomic E-state index is 0. The summed E-state index contributed by atoms with van der Waals surface area (Å²) in [5, 5.41) is 14.0. The molecule has 0 heterocycles. The van der Waals surface area contributed by atoms with Crippen LogP contribution in [0.15, 0.2) is 0 Å². The second-order valence-corrected chi connectivity index (χ2v) is 5.92. The van der Waals surface area contributed by atoms with Crippen molar-refractivity contribution in [1.82, 2.24) is 21.3 Å². The van der Waals surface area contributed by atoms with Gasteiger partial charge in [-0.25, -0.2) is 0 Å². The molecule has 0 spiro atoms. The first-order valence-corrected chi connectivity index (χ1v) is 8.71. The van der Waals surface area contributed by atoms with Gasteiger partial charge in [-0.05, 0) is 89.9 Å². The summed E-state index contributed by atoms with van der Waals surface area (Å²) in [7, 11) is 0. The van der Waals surface area contributed by atoms with Gasteiger partial charge in [0.2, 0.25) is 0 Å². The minimum Gasteiger partial charge on any atom is -0.317 e. The van der Waals surface area contributed by atoms with Gasteiger partial charge in [0.05, 0.1) is 0 Å². The molecule has 1 fully saturated rings. The zero-order chi connectivity index (χ0) is 14.5. The fourth-order valence-corrected chi connectivity index (χ4v) is 2.78. The Morgan fingerprint density at radius 1 is 0.583 bits per heavy atom. The zero-order valence-corrected chi connectivity index (χ0v) is 18.5. The second-order valence-electron chi connectivity index (χ2n) is 5.92. The first-order valence-electron chi connectivity index (χ1n) is 8.71. The summed E-state index contributed by atoms with van der Waals surface area (Å²) in [6.45, 7) is 13.5. The van der Waals surface area contributed by atoms with Crippen molar-refractivity contribution < 1.29 is 0 Å². The first kappa shape index (κ1) is 32.7. The van der Waals surface area contributed by atoms with Gasteiger partial charge in [-0.15, -0.1) is 49.6 Å². The second kappa shape index (κ2) is 24.0. The molecule has 2 atom stereocenters. The van der Waals surface area contributed by atoms with Gasteiger partial charge < -0.3 is 21.3 Å². The van der Waals surface area contributed by atoms with Crippen LogP contribution in [0.3, 0.4) is 0 Å². The van der Waals surface area contributed by atoms with E-state index in [9.17, 15) is 0 Å². The highest BCUT2D eigenvalue weighted by molar-refractivity contribution is 5.86. The molecule has 24 heavy (non-hydrogen) atoms. The van der Waals surface area contributed by atoms with Gasteiger partial charge in [-0.3, -0.25) is 0 Å². The first-order chi connectivity index (χ1) is 9.88. The van der Waals surface area contributed by atoms with Crippen molar-refractivity contribution in [2.24, 2.45) is 11.8 Å². The van der Waals surface area contributed by atoms with Crippen LogP contribution in [0, 0.1) is 11.8 Å². The van der Waals surface area contributed by atoms with E-state index in [1.165, 1.54) is 38.8 Å². The van der Waals surface area contributed by atoms with E-state index in [4.69, 9.17) is 0 Å². The van der Waals surface area contributed by atoms with Gasteiger partial charge in [-0.1, -0.05) is 13.8 Å². The van der Waals surface area contributed by atoms with Crippen molar-refractivity contribution in [2.75, 3.05) is 52.4 Å². The Hall–Kier alpha value is 1.00. The van der Waals surface area contributed by atoms with E-state index in [0.29, 0.717) is 0 Å². The van der Waals surface area contributed by atoms with Crippen LogP contribution in [-0.4, -0.2) is 52.4 Å². The van der Waals surface area contributed by atoms with E-state index in [2.05, 4.69) is 35.1 Å². The van der Waals surface area contributed by atoms with Crippen molar-refractivity contribution >= 4 is 49.6 Å². The molecule has 4 nitrogen and oxygen atoms in total. The highest BCUT2D eigenvalue weighted by Gasteiger charge is 2.29. The topological polar surface area (TPSA) is 48.1 Å². The van der Waals surface area contributed by atoms with Crippen LogP contribution in [0.4, 0.5) is 0 Å². The molecule has 0 saturated heterocycles. The molecule has 4 N–H and O–H groups in total. The van der Waals surface area contributed by atoms with Gasteiger partial charge in [0.1, 0.15) is 0 Å².